The summed E-state index contributed by atoms with van der Waals surface area (Å²) in [5.41, 5.74) is -1.16. The Kier molecular flexibility index (Phi) is 6.31. The van der Waals surface area contributed by atoms with Gasteiger partial charge in [0.15, 0.2) is 0 Å². The first-order valence-electron chi connectivity index (χ1n) is 8.82. The molecule has 27 heavy (non-hydrogen) atoms. The van der Waals surface area contributed by atoms with Crippen molar-refractivity contribution in [1.82, 2.24) is 25.5 Å². The SMILES string of the molecule is Cc1nc(C(C)(C)C)[nH]c(=O)c1C(=O)NCC(N1CCNCC1)C(F)(F)F. The van der Waals surface area contributed by atoms with Crippen molar-refractivity contribution in [2.24, 2.45) is 0 Å². The van der Waals surface area contributed by atoms with E-state index in [0.29, 0.717) is 18.9 Å². The van der Waals surface area contributed by atoms with Gasteiger partial charge in [0, 0.05) is 38.1 Å². The van der Waals surface area contributed by atoms with Crippen LogP contribution in [-0.2, 0) is 5.41 Å². The highest BCUT2D eigenvalue weighted by atomic mass is 19.4. The lowest BCUT2D eigenvalue weighted by Crippen LogP contribution is -2.57. The second kappa shape index (κ2) is 7.97. The molecule has 1 aliphatic rings. The summed E-state index contributed by atoms with van der Waals surface area (Å²) in [6, 6.07) is -1.80. The number of nitrogens with zero attached hydrogens (tertiary/aromatic N) is 2. The number of carbonyl (C=O) groups excluding carboxylic acids is 1. The van der Waals surface area contributed by atoms with Crippen LogP contribution in [-0.4, -0.2) is 65.7 Å². The zero-order valence-corrected chi connectivity index (χ0v) is 16.0. The molecule has 7 nitrogen and oxygen atoms in total. The normalized spacial score (nSPS) is 17.6. The van der Waals surface area contributed by atoms with Crippen molar-refractivity contribution in [1.29, 1.82) is 0 Å². The van der Waals surface area contributed by atoms with E-state index < -0.39 is 35.6 Å². The minimum absolute atomic E-state index is 0.187. The number of hydrogen-bond donors (Lipinski definition) is 3. The number of carbonyl (C=O) groups is 1. The Bertz CT molecular complexity index is 734. The first-order chi connectivity index (χ1) is 12.4. The third-order valence-corrected chi connectivity index (χ3v) is 4.46. The fourth-order valence-electron chi connectivity index (χ4n) is 2.93. The summed E-state index contributed by atoms with van der Waals surface area (Å²) >= 11 is 0. The van der Waals surface area contributed by atoms with Gasteiger partial charge in [-0.3, -0.25) is 14.5 Å². The maximum absolute atomic E-state index is 13.4. The molecule has 2 heterocycles. The minimum atomic E-state index is -4.49. The van der Waals surface area contributed by atoms with Crippen LogP contribution in [0.15, 0.2) is 4.79 Å². The first-order valence-corrected chi connectivity index (χ1v) is 8.82. The zero-order valence-electron chi connectivity index (χ0n) is 16.0. The molecule has 1 aliphatic heterocycles. The van der Waals surface area contributed by atoms with Gasteiger partial charge in [0.05, 0.1) is 5.69 Å². The van der Waals surface area contributed by atoms with Crippen LogP contribution in [0, 0.1) is 6.92 Å². The largest absolute Gasteiger partial charge is 0.405 e. The van der Waals surface area contributed by atoms with Crippen LogP contribution in [0.4, 0.5) is 13.2 Å². The van der Waals surface area contributed by atoms with Gasteiger partial charge < -0.3 is 15.6 Å². The van der Waals surface area contributed by atoms with Crippen molar-refractivity contribution in [2.45, 2.75) is 45.3 Å². The van der Waals surface area contributed by atoms with Gasteiger partial charge in [-0.25, -0.2) is 4.98 Å². The summed E-state index contributed by atoms with van der Waals surface area (Å²) < 4.78 is 40.2. The first kappa shape index (κ1) is 21.4. The number of aromatic nitrogens is 2. The highest BCUT2D eigenvalue weighted by Gasteiger charge is 2.44. The lowest BCUT2D eigenvalue weighted by molar-refractivity contribution is -0.183. The number of hydrogen-bond acceptors (Lipinski definition) is 5. The average Bonchev–Trinajstić information content (AvgIpc) is 2.53. The van der Waals surface area contributed by atoms with E-state index in [0.717, 1.165) is 0 Å². The minimum Gasteiger partial charge on any atom is -0.350 e. The predicted molar refractivity (Wildman–Crippen MR) is 94.9 cm³/mol. The zero-order chi connectivity index (χ0) is 20.4. The van der Waals surface area contributed by atoms with Crippen molar-refractivity contribution in [3.8, 4) is 0 Å². The highest BCUT2D eigenvalue weighted by molar-refractivity contribution is 5.94. The Morgan fingerprint density at radius 2 is 1.85 bits per heavy atom. The van der Waals surface area contributed by atoms with E-state index in [9.17, 15) is 22.8 Å². The Morgan fingerprint density at radius 1 is 1.26 bits per heavy atom. The topological polar surface area (TPSA) is 90.1 Å². The Hall–Kier alpha value is -1.94. The van der Waals surface area contributed by atoms with Gasteiger partial charge in [0.25, 0.3) is 11.5 Å². The maximum atomic E-state index is 13.4. The molecule has 152 valence electrons. The molecule has 0 aliphatic carbocycles. The summed E-state index contributed by atoms with van der Waals surface area (Å²) in [5, 5.41) is 5.26. The standard InChI is InChI=1S/C17H26F3N5O2/c1-10-12(14(27)24-15(23-10)16(2,3)4)13(26)22-9-11(17(18,19)20)25-7-5-21-6-8-25/h11,21H,5-9H2,1-4H3,(H,22,26)(H,23,24,27). The summed E-state index contributed by atoms with van der Waals surface area (Å²) in [5.74, 6) is -0.443. The fraction of sp³-hybridized carbons (Fsp3) is 0.706. The molecule has 1 amide bonds. The quantitative estimate of drug-likeness (QED) is 0.713. The lowest BCUT2D eigenvalue weighted by atomic mass is 9.95. The van der Waals surface area contributed by atoms with Crippen molar-refractivity contribution in [2.75, 3.05) is 32.7 Å². The fourth-order valence-corrected chi connectivity index (χ4v) is 2.93. The number of aromatic amines is 1. The van der Waals surface area contributed by atoms with Crippen LogP contribution >= 0.6 is 0 Å². The molecular weight excluding hydrogens is 363 g/mol. The summed E-state index contributed by atoms with van der Waals surface area (Å²) in [4.78, 5) is 32.8. The second-order valence-electron chi connectivity index (χ2n) is 7.68. The number of nitrogens with one attached hydrogen (secondary N) is 3. The number of rotatable bonds is 4. The molecule has 1 unspecified atom stereocenters. The molecule has 10 heteroatoms. The van der Waals surface area contributed by atoms with Crippen molar-refractivity contribution in [3.63, 3.8) is 0 Å². The maximum Gasteiger partial charge on any atom is 0.405 e. The average molecular weight is 389 g/mol. The van der Waals surface area contributed by atoms with E-state index in [-0.39, 0.29) is 24.3 Å². The van der Waals surface area contributed by atoms with E-state index in [1.165, 1.54) is 11.8 Å². The second-order valence-corrected chi connectivity index (χ2v) is 7.68. The molecule has 0 bridgehead atoms. The third-order valence-electron chi connectivity index (χ3n) is 4.46. The monoisotopic (exact) mass is 389 g/mol. The van der Waals surface area contributed by atoms with E-state index in [1.807, 2.05) is 20.8 Å². The molecular formula is C17H26F3N5O2. The van der Waals surface area contributed by atoms with Gasteiger partial charge in [0.2, 0.25) is 0 Å². The number of halogens is 3. The smallest absolute Gasteiger partial charge is 0.350 e. The number of alkyl halides is 3. The summed E-state index contributed by atoms with van der Waals surface area (Å²) in [7, 11) is 0. The number of piperazine rings is 1. The van der Waals surface area contributed by atoms with Crippen molar-refractivity contribution in [3.05, 3.63) is 27.4 Å². The van der Waals surface area contributed by atoms with Gasteiger partial charge in [-0.2, -0.15) is 13.2 Å². The van der Waals surface area contributed by atoms with Crippen LogP contribution in [0.3, 0.4) is 0 Å². The van der Waals surface area contributed by atoms with Crippen LogP contribution in [0.2, 0.25) is 0 Å². The highest BCUT2D eigenvalue weighted by Crippen LogP contribution is 2.25. The molecule has 0 aromatic carbocycles. The van der Waals surface area contributed by atoms with Crippen LogP contribution in [0.1, 0.15) is 42.6 Å². The molecule has 0 spiro atoms. The molecule has 1 aromatic rings. The summed E-state index contributed by atoms with van der Waals surface area (Å²) in [6.07, 6.45) is -4.49. The molecule has 3 N–H and O–H groups in total. The molecule has 0 radical (unpaired) electrons. The van der Waals surface area contributed by atoms with Gasteiger partial charge in [-0.1, -0.05) is 20.8 Å². The molecule has 1 saturated heterocycles. The summed E-state index contributed by atoms with van der Waals surface area (Å²) in [6.45, 7) is 7.82. The van der Waals surface area contributed by atoms with E-state index >= 15 is 0 Å². The van der Waals surface area contributed by atoms with Crippen LogP contribution < -0.4 is 16.2 Å². The van der Waals surface area contributed by atoms with E-state index in [2.05, 4.69) is 20.6 Å². The molecule has 1 atom stereocenters. The van der Waals surface area contributed by atoms with Gasteiger partial charge in [0.1, 0.15) is 17.4 Å². The van der Waals surface area contributed by atoms with Crippen LogP contribution in [0.25, 0.3) is 0 Å². The third kappa shape index (κ3) is 5.29. The van der Waals surface area contributed by atoms with Crippen LogP contribution in [0.5, 0.6) is 0 Å². The van der Waals surface area contributed by atoms with Gasteiger partial charge >= 0.3 is 6.18 Å². The molecule has 0 saturated carbocycles. The van der Waals surface area contributed by atoms with E-state index in [1.54, 1.807) is 0 Å². The molecule has 2 rings (SSSR count). The van der Waals surface area contributed by atoms with Crippen molar-refractivity contribution >= 4 is 5.91 Å². The van der Waals surface area contributed by atoms with Crippen molar-refractivity contribution < 1.29 is 18.0 Å². The lowest BCUT2D eigenvalue weighted by Gasteiger charge is -2.35. The number of amides is 1. The van der Waals surface area contributed by atoms with Gasteiger partial charge in [-0.05, 0) is 6.92 Å². The number of H-pyrrole nitrogens is 1. The Labute approximate surface area is 155 Å². The van der Waals surface area contributed by atoms with Gasteiger partial charge in [-0.15, -0.1) is 0 Å². The molecule has 1 fully saturated rings. The predicted octanol–water partition coefficient (Wildman–Crippen LogP) is 0.942. The Balaban J connectivity index is 2.17. The Morgan fingerprint density at radius 3 is 2.33 bits per heavy atom. The number of aryl methyl sites for hydroxylation is 1. The van der Waals surface area contributed by atoms with E-state index in [4.69, 9.17) is 0 Å². The molecule has 1 aromatic heterocycles.